The Hall–Kier alpha value is -4.97. The van der Waals surface area contributed by atoms with E-state index in [4.69, 9.17) is 14.5 Å². The van der Waals surface area contributed by atoms with Gasteiger partial charge in [-0.15, -0.1) is 0 Å². The molecule has 0 fully saturated rings. The third-order valence-corrected chi connectivity index (χ3v) is 6.61. The number of carbonyl (C=O) groups is 2. The first-order valence-corrected chi connectivity index (χ1v) is 13.1. The first kappa shape index (κ1) is 26.6. The number of rotatable bonds is 8. The smallest absolute Gasteiger partial charge is 0.343 e. The largest absolute Gasteiger partial charge is 0.460 e. The standard InChI is InChI=1S/C34H30N2O4/c1-23-8-14-26(15-9-23)31(40-34(38)28-18-12-25(3)13-19-28)22-32-35-29-6-4-5-7-30(29)36(32)20-21-39-33(37)27-16-10-24(2)11-17-27/h4-19,22H,20-21H2,1-3H3/b31-22-. The van der Waals surface area contributed by atoms with Gasteiger partial charge in [-0.1, -0.05) is 77.4 Å². The summed E-state index contributed by atoms with van der Waals surface area (Å²) in [7, 11) is 0. The van der Waals surface area contributed by atoms with Gasteiger partial charge in [-0.2, -0.15) is 0 Å². The van der Waals surface area contributed by atoms with Crippen LogP contribution in [-0.2, 0) is 16.0 Å². The number of esters is 2. The van der Waals surface area contributed by atoms with Crippen LogP contribution in [0.3, 0.4) is 0 Å². The number of benzene rings is 4. The average molecular weight is 531 g/mol. The van der Waals surface area contributed by atoms with Crippen molar-refractivity contribution < 1.29 is 19.1 Å². The zero-order chi connectivity index (χ0) is 28.1. The Morgan fingerprint density at radius 2 is 1.23 bits per heavy atom. The van der Waals surface area contributed by atoms with Crippen molar-refractivity contribution in [1.29, 1.82) is 0 Å². The van der Waals surface area contributed by atoms with E-state index in [-0.39, 0.29) is 12.6 Å². The summed E-state index contributed by atoms with van der Waals surface area (Å²) in [6, 6.07) is 30.1. The van der Waals surface area contributed by atoms with E-state index in [1.54, 1.807) is 30.3 Å². The maximum atomic E-state index is 13.1. The second-order valence-corrected chi connectivity index (χ2v) is 9.74. The Bertz CT molecular complexity index is 1680. The SMILES string of the molecule is Cc1ccc(C(=O)OCCn2c(/C=C(\OC(=O)c3ccc(C)cc3)c3ccc(C)cc3)nc3ccccc32)cc1. The van der Waals surface area contributed by atoms with E-state index in [9.17, 15) is 9.59 Å². The number of fused-ring (bicyclic) bond motifs is 1. The minimum Gasteiger partial charge on any atom is -0.460 e. The quantitative estimate of drug-likeness (QED) is 0.157. The highest BCUT2D eigenvalue weighted by molar-refractivity contribution is 5.95. The lowest BCUT2D eigenvalue weighted by Gasteiger charge is -2.12. The van der Waals surface area contributed by atoms with Gasteiger partial charge in [0.1, 0.15) is 18.2 Å². The van der Waals surface area contributed by atoms with Gasteiger partial charge in [-0.05, 0) is 57.2 Å². The van der Waals surface area contributed by atoms with Crippen LogP contribution in [-0.4, -0.2) is 28.1 Å². The summed E-state index contributed by atoms with van der Waals surface area (Å²) in [5, 5.41) is 0. The molecule has 5 aromatic rings. The van der Waals surface area contributed by atoms with Crippen molar-refractivity contribution in [1.82, 2.24) is 9.55 Å². The molecule has 0 atom stereocenters. The van der Waals surface area contributed by atoms with Gasteiger partial charge >= 0.3 is 11.9 Å². The molecule has 0 aliphatic carbocycles. The second-order valence-electron chi connectivity index (χ2n) is 9.74. The normalized spacial score (nSPS) is 11.4. The molecule has 0 amide bonds. The van der Waals surface area contributed by atoms with E-state index in [0.717, 1.165) is 33.3 Å². The Balaban J connectivity index is 1.46. The fourth-order valence-electron chi connectivity index (χ4n) is 4.30. The Labute approximate surface area is 233 Å². The summed E-state index contributed by atoms with van der Waals surface area (Å²) in [4.78, 5) is 30.5. The van der Waals surface area contributed by atoms with Gasteiger partial charge in [0.2, 0.25) is 0 Å². The van der Waals surface area contributed by atoms with E-state index >= 15 is 0 Å². The van der Waals surface area contributed by atoms with Gasteiger partial charge in [-0.25, -0.2) is 14.6 Å². The fourth-order valence-corrected chi connectivity index (χ4v) is 4.30. The van der Waals surface area contributed by atoms with Gasteiger partial charge in [0.25, 0.3) is 0 Å². The summed E-state index contributed by atoms with van der Waals surface area (Å²) < 4.78 is 13.5. The molecule has 6 nitrogen and oxygen atoms in total. The van der Waals surface area contributed by atoms with Crippen LogP contribution in [0.1, 0.15) is 48.8 Å². The minimum atomic E-state index is -0.457. The van der Waals surface area contributed by atoms with Gasteiger partial charge in [0.15, 0.2) is 0 Å². The highest BCUT2D eigenvalue weighted by Crippen LogP contribution is 2.25. The molecule has 4 aromatic carbocycles. The summed E-state index contributed by atoms with van der Waals surface area (Å²) in [5.41, 5.74) is 6.60. The molecule has 0 unspecified atom stereocenters. The van der Waals surface area contributed by atoms with E-state index in [1.807, 2.05) is 98.1 Å². The average Bonchev–Trinajstić information content (AvgIpc) is 3.30. The molecule has 0 radical (unpaired) electrons. The number of hydrogen-bond acceptors (Lipinski definition) is 5. The molecular weight excluding hydrogens is 500 g/mol. The fraction of sp³-hybridized carbons (Fsp3) is 0.147. The molecule has 1 aromatic heterocycles. The topological polar surface area (TPSA) is 70.4 Å². The highest BCUT2D eigenvalue weighted by atomic mass is 16.5. The second kappa shape index (κ2) is 11.8. The van der Waals surface area contributed by atoms with Crippen LogP contribution < -0.4 is 0 Å². The first-order valence-electron chi connectivity index (χ1n) is 13.1. The molecule has 0 aliphatic heterocycles. The van der Waals surface area contributed by atoms with E-state index in [0.29, 0.717) is 29.3 Å². The van der Waals surface area contributed by atoms with Crippen molar-refractivity contribution in [2.24, 2.45) is 0 Å². The van der Waals surface area contributed by atoms with Gasteiger partial charge in [0, 0.05) is 11.6 Å². The Morgan fingerprint density at radius 1 is 0.700 bits per heavy atom. The van der Waals surface area contributed by atoms with Crippen LogP contribution in [0, 0.1) is 20.8 Å². The number of imidazole rings is 1. The van der Waals surface area contributed by atoms with Gasteiger partial charge in [0.05, 0.1) is 28.7 Å². The van der Waals surface area contributed by atoms with Crippen molar-refractivity contribution in [3.05, 3.63) is 136 Å². The third-order valence-electron chi connectivity index (χ3n) is 6.61. The summed E-state index contributed by atoms with van der Waals surface area (Å²) in [6.07, 6.45) is 1.76. The first-order chi connectivity index (χ1) is 19.4. The van der Waals surface area contributed by atoms with E-state index in [1.165, 1.54) is 0 Å². The zero-order valence-corrected chi connectivity index (χ0v) is 22.8. The molecule has 0 saturated heterocycles. The van der Waals surface area contributed by atoms with Crippen molar-refractivity contribution in [2.45, 2.75) is 27.3 Å². The van der Waals surface area contributed by atoms with Crippen LogP contribution in [0.5, 0.6) is 0 Å². The lowest BCUT2D eigenvalue weighted by atomic mass is 10.1. The zero-order valence-electron chi connectivity index (χ0n) is 22.8. The molecule has 1 heterocycles. The van der Waals surface area contributed by atoms with E-state index < -0.39 is 5.97 Å². The van der Waals surface area contributed by atoms with Crippen molar-refractivity contribution in [2.75, 3.05) is 6.61 Å². The van der Waals surface area contributed by atoms with Crippen molar-refractivity contribution in [3.63, 3.8) is 0 Å². The molecular formula is C34H30N2O4. The molecule has 0 N–H and O–H groups in total. The molecule has 5 rings (SSSR count). The predicted molar refractivity (Wildman–Crippen MR) is 157 cm³/mol. The molecule has 6 heteroatoms. The number of carbonyl (C=O) groups excluding carboxylic acids is 2. The highest BCUT2D eigenvalue weighted by Gasteiger charge is 2.16. The molecule has 40 heavy (non-hydrogen) atoms. The monoisotopic (exact) mass is 530 g/mol. The predicted octanol–water partition coefficient (Wildman–Crippen LogP) is 7.17. The maximum Gasteiger partial charge on any atom is 0.343 e. The van der Waals surface area contributed by atoms with Crippen molar-refractivity contribution in [3.8, 4) is 0 Å². The number of aromatic nitrogens is 2. The molecule has 0 saturated carbocycles. The minimum absolute atomic E-state index is 0.150. The Morgan fingerprint density at radius 3 is 1.82 bits per heavy atom. The summed E-state index contributed by atoms with van der Waals surface area (Å²) >= 11 is 0. The van der Waals surface area contributed by atoms with E-state index in [2.05, 4.69) is 0 Å². The maximum absolute atomic E-state index is 13.1. The summed E-state index contributed by atoms with van der Waals surface area (Å²) in [5.74, 6) is 0.119. The van der Waals surface area contributed by atoms with Crippen LogP contribution in [0.25, 0.3) is 22.9 Å². The van der Waals surface area contributed by atoms with Crippen LogP contribution in [0.2, 0.25) is 0 Å². The van der Waals surface area contributed by atoms with Crippen molar-refractivity contribution >= 4 is 34.8 Å². The number of hydrogen-bond donors (Lipinski definition) is 0. The van der Waals surface area contributed by atoms with Crippen LogP contribution in [0.15, 0.2) is 97.1 Å². The number of ether oxygens (including phenoxy) is 2. The Kier molecular flexibility index (Phi) is 7.87. The molecule has 200 valence electrons. The van der Waals surface area contributed by atoms with Crippen LogP contribution >= 0.6 is 0 Å². The lowest BCUT2D eigenvalue weighted by Crippen LogP contribution is -2.13. The molecule has 0 spiro atoms. The number of aryl methyl sites for hydroxylation is 3. The van der Waals surface area contributed by atoms with Gasteiger partial charge in [-0.3, -0.25) is 0 Å². The number of nitrogens with zero attached hydrogens (tertiary/aromatic N) is 2. The molecule has 0 aliphatic rings. The number of para-hydroxylation sites is 2. The lowest BCUT2D eigenvalue weighted by molar-refractivity contribution is 0.0491. The molecule has 0 bridgehead atoms. The van der Waals surface area contributed by atoms with Crippen LogP contribution in [0.4, 0.5) is 0 Å². The summed E-state index contributed by atoms with van der Waals surface area (Å²) in [6.45, 7) is 6.46. The third kappa shape index (κ3) is 6.18. The van der Waals surface area contributed by atoms with Gasteiger partial charge < -0.3 is 14.0 Å².